The van der Waals surface area contributed by atoms with Crippen LogP contribution in [-0.4, -0.2) is 31.4 Å². The number of carbonyl (C=O) groups excluding carboxylic acids is 1. The highest BCUT2D eigenvalue weighted by molar-refractivity contribution is 5.75. The first-order chi connectivity index (χ1) is 9.75. The van der Waals surface area contributed by atoms with Gasteiger partial charge in [0.25, 0.3) is 0 Å². The molecule has 0 spiro atoms. The number of halogens is 3. The first kappa shape index (κ1) is 16.8. The second-order valence-corrected chi connectivity index (χ2v) is 4.69. The number of nitriles is 1. The maximum atomic E-state index is 12.8. The molecular weight excluding hydrogens is 283 g/mol. The van der Waals surface area contributed by atoms with Gasteiger partial charge in [-0.15, -0.1) is 0 Å². The van der Waals surface area contributed by atoms with Crippen LogP contribution in [-0.2, 0) is 11.0 Å². The van der Waals surface area contributed by atoms with Gasteiger partial charge in [0.15, 0.2) is 0 Å². The van der Waals surface area contributed by atoms with Gasteiger partial charge >= 0.3 is 6.18 Å². The maximum Gasteiger partial charge on any atom is 0.417 e. The van der Waals surface area contributed by atoms with E-state index in [0.29, 0.717) is 19.4 Å². The third kappa shape index (κ3) is 4.99. The van der Waals surface area contributed by atoms with Crippen LogP contribution in [0.3, 0.4) is 0 Å². The van der Waals surface area contributed by atoms with E-state index in [9.17, 15) is 18.0 Å². The van der Waals surface area contributed by atoms with Gasteiger partial charge in [-0.2, -0.15) is 18.4 Å². The quantitative estimate of drug-likeness (QED) is 0.851. The number of carbonyl (C=O) groups is 1. The molecule has 1 rings (SSSR count). The molecule has 0 fully saturated rings. The Morgan fingerprint density at radius 1 is 1.38 bits per heavy atom. The van der Waals surface area contributed by atoms with Gasteiger partial charge in [-0.1, -0.05) is 0 Å². The SMILES string of the molecule is CN(C)C(=O)CCCNc1ccc(C#N)c(C(F)(F)F)c1. The smallest absolute Gasteiger partial charge is 0.385 e. The summed E-state index contributed by atoms with van der Waals surface area (Å²) in [6, 6.07) is 4.99. The van der Waals surface area contributed by atoms with Crippen molar-refractivity contribution in [2.45, 2.75) is 19.0 Å². The monoisotopic (exact) mass is 299 g/mol. The second-order valence-electron chi connectivity index (χ2n) is 4.69. The minimum Gasteiger partial charge on any atom is -0.385 e. The molecule has 21 heavy (non-hydrogen) atoms. The number of benzene rings is 1. The van der Waals surface area contributed by atoms with E-state index in [1.807, 2.05) is 0 Å². The fourth-order valence-electron chi connectivity index (χ4n) is 1.68. The van der Waals surface area contributed by atoms with E-state index in [0.717, 1.165) is 12.1 Å². The highest BCUT2D eigenvalue weighted by atomic mass is 19.4. The highest BCUT2D eigenvalue weighted by Gasteiger charge is 2.33. The summed E-state index contributed by atoms with van der Waals surface area (Å²) in [7, 11) is 3.29. The maximum absolute atomic E-state index is 12.8. The van der Waals surface area contributed by atoms with E-state index >= 15 is 0 Å². The third-order valence-electron chi connectivity index (χ3n) is 2.84. The van der Waals surface area contributed by atoms with Crippen molar-refractivity contribution in [3.8, 4) is 6.07 Å². The van der Waals surface area contributed by atoms with Gasteiger partial charge < -0.3 is 10.2 Å². The molecule has 0 saturated heterocycles. The molecule has 0 bridgehead atoms. The van der Waals surface area contributed by atoms with Gasteiger partial charge in [-0.3, -0.25) is 4.79 Å². The Hall–Kier alpha value is -2.23. The number of anilines is 1. The first-order valence-electron chi connectivity index (χ1n) is 6.31. The Kier molecular flexibility index (Phi) is 5.59. The van der Waals surface area contributed by atoms with Crippen molar-refractivity contribution in [2.24, 2.45) is 0 Å². The van der Waals surface area contributed by atoms with Gasteiger partial charge in [0, 0.05) is 32.7 Å². The van der Waals surface area contributed by atoms with Crippen LogP contribution in [0.15, 0.2) is 18.2 Å². The van der Waals surface area contributed by atoms with Gasteiger partial charge in [-0.25, -0.2) is 0 Å². The third-order valence-corrected chi connectivity index (χ3v) is 2.84. The molecule has 0 radical (unpaired) electrons. The molecule has 1 amide bonds. The summed E-state index contributed by atoms with van der Waals surface area (Å²) in [5, 5.41) is 11.5. The van der Waals surface area contributed by atoms with Crippen molar-refractivity contribution in [3.63, 3.8) is 0 Å². The summed E-state index contributed by atoms with van der Waals surface area (Å²) in [4.78, 5) is 12.8. The molecule has 0 aliphatic heterocycles. The minimum atomic E-state index is -4.57. The largest absolute Gasteiger partial charge is 0.417 e. The lowest BCUT2D eigenvalue weighted by Gasteiger charge is -2.13. The van der Waals surface area contributed by atoms with Crippen molar-refractivity contribution in [1.29, 1.82) is 5.26 Å². The number of hydrogen-bond acceptors (Lipinski definition) is 3. The summed E-state index contributed by atoms with van der Waals surface area (Å²) in [5.74, 6) is -0.0346. The lowest BCUT2D eigenvalue weighted by molar-refractivity contribution is -0.137. The zero-order valence-electron chi connectivity index (χ0n) is 11.8. The fraction of sp³-hybridized carbons (Fsp3) is 0.429. The molecule has 7 heteroatoms. The molecule has 0 unspecified atom stereocenters. The van der Waals surface area contributed by atoms with E-state index in [1.54, 1.807) is 14.1 Å². The Bertz CT molecular complexity index is 547. The molecule has 0 aromatic heterocycles. The molecule has 1 N–H and O–H groups in total. The van der Waals surface area contributed by atoms with Crippen molar-refractivity contribution in [1.82, 2.24) is 4.90 Å². The van der Waals surface area contributed by atoms with Gasteiger partial charge in [0.2, 0.25) is 5.91 Å². The summed E-state index contributed by atoms with van der Waals surface area (Å²) in [6.45, 7) is 0.378. The molecule has 4 nitrogen and oxygen atoms in total. The standard InChI is InChI=1S/C14H16F3N3O/c1-20(2)13(21)4-3-7-19-11-6-5-10(9-18)12(8-11)14(15,16)17/h5-6,8,19H,3-4,7H2,1-2H3. The van der Waals surface area contributed by atoms with Crippen molar-refractivity contribution < 1.29 is 18.0 Å². The molecule has 114 valence electrons. The van der Waals surface area contributed by atoms with E-state index in [1.165, 1.54) is 17.0 Å². The van der Waals surface area contributed by atoms with Crippen LogP contribution in [0, 0.1) is 11.3 Å². The van der Waals surface area contributed by atoms with E-state index < -0.39 is 17.3 Å². The van der Waals surface area contributed by atoms with E-state index in [4.69, 9.17) is 5.26 Å². The zero-order valence-corrected chi connectivity index (χ0v) is 11.8. The minimum absolute atomic E-state index is 0.0346. The van der Waals surface area contributed by atoms with Gasteiger partial charge in [0.05, 0.1) is 17.2 Å². The first-order valence-corrected chi connectivity index (χ1v) is 6.31. The molecule has 0 heterocycles. The zero-order chi connectivity index (χ0) is 16.0. The van der Waals surface area contributed by atoms with Crippen LogP contribution in [0.25, 0.3) is 0 Å². The van der Waals surface area contributed by atoms with Crippen LogP contribution in [0.2, 0.25) is 0 Å². The lowest BCUT2D eigenvalue weighted by Crippen LogP contribution is -2.22. The summed E-state index contributed by atoms with van der Waals surface area (Å²) < 4.78 is 38.3. The van der Waals surface area contributed by atoms with E-state index in [2.05, 4.69) is 5.32 Å². The van der Waals surface area contributed by atoms with Crippen molar-refractivity contribution in [2.75, 3.05) is 26.0 Å². The predicted molar refractivity (Wildman–Crippen MR) is 72.6 cm³/mol. The summed E-state index contributed by atoms with van der Waals surface area (Å²) in [5.41, 5.74) is -1.09. The van der Waals surface area contributed by atoms with Crippen LogP contribution in [0.1, 0.15) is 24.0 Å². The van der Waals surface area contributed by atoms with Gasteiger partial charge in [0.1, 0.15) is 0 Å². The average Bonchev–Trinajstić information content (AvgIpc) is 2.42. The fourth-order valence-corrected chi connectivity index (χ4v) is 1.68. The summed E-state index contributed by atoms with van der Waals surface area (Å²) in [6.07, 6.45) is -3.73. The van der Waals surface area contributed by atoms with Crippen LogP contribution in [0.4, 0.5) is 18.9 Å². The number of alkyl halides is 3. The molecule has 0 saturated carbocycles. The Balaban J connectivity index is 2.65. The molecule has 0 aliphatic rings. The molecule has 0 atom stereocenters. The topological polar surface area (TPSA) is 56.1 Å². The highest BCUT2D eigenvalue weighted by Crippen LogP contribution is 2.33. The number of amides is 1. The number of rotatable bonds is 5. The molecule has 1 aromatic carbocycles. The number of nitrogens with zero attached hydrogens (tertiary/aromatic N) is 2. The Morgan fingerprint density at radius 3 is 2.57 bits per heavy atom. The van der Waals surface area contributed by atoms with E-state index in [-0.39, 0.29) is 11.6 Å². The number of nitrogens with one attached hydrogen (secondary N) is 1. The molecule has 1 aromatic rings. The lowest BCUT2D eigenvalue weighted by atomic mass is 10.1. The van der Waals surface area contributed by atoms with Crippen LogP contribution in [0.5, 0.6) is 0 Å². The normalized spacial score (nSPS) is 10.9. The predicted octanol–water partition coefficient (Wildman–Crippen LogP) is 2.86. The number of hydrogen-bond donors (Lipinski definition) is 1. The average molecular weight is 299 g/mol. The van der Waals surface area contributed by atoms with Crippen LogP contribution < -0.4 is 5.32 Å². The second kappa shape index (κ2) is 6.97. The Morgan fingerprint density at radius 2 is 2.05 bits per heavy atom. The Labute approximate surface area is 121 Å². The molecular formula is C14H16F3N3O. The van der Waals surface area contributed by atoms with Gasteiger partial charge in [-0.05, 0) is 24.6 Å². The van der Waals surface area contributed by atoms with Crippen molar-refractivity contribution >= 4 is 11.6 Å². The van der Waals surface area contributed by atoms with Crippen molar-refractivity contribution in [3.05, 3.63) is 29.3 Å². The summed E-state index contributed by atoms with van der Waals surface area (Å²) >= 11 is 0. The molecule has 0 aliphatic carbocycles. The van der Waals surface area contributed by atoms with Crippen LogP contribution >= 0.6 is 0 Å².